The maximum Gasteiger partial charge on any atom is 0.127 e. The molecule has 4 nitrogen and oxygen atoms in total. The van der Waals surface area contributed by atoms with Gasteiger partial charge in [0.1, 0.15) is 17.3 Å². The molecule has 0 heterocycles. The highest BCUT2D eigenvalue weighted by molar-refractivity contribution is 5.46. The van der Waals surface area contributed by atoms with Crippen LogP contribution in [0.1, 0.15) is 22.7 Å². The first kappa shape index (κ1) is 15.3. The summed E-state index contributed by atoms with van der Waals surface area (Å²) in [4.78, 5) is 0. The van der Waals surface area contributed by atoms with E-state index in [2.05, 4.69) is 5.43 Å². The fraction of sp³-hybridized carbons (Fsp3) is 0.250. The quantitative estimate of drug-likeness (QED) is 0.656. The Morgan fingerprint density at radius 1 is 1.10 bits per heavy atom. The third-order valence-electron chi connectivity index (χ3n) is 3.43. The SMILES string of the molecule is COc1ccc(C(NN)c2ccc(F)c(C)c2)c(OC)c1. The summed E-state index contributed by atoms with van der Waals surface area (Å²) in [7, 11) is 3.18. The molecule has 1 atom stereocenters. The van der Waals surface area contributed by atoms with Crippen LogP contribution >= 0.6 is 0 Å². The highest BCUT2D eigenvalue weighted by Gasteiger charge is 2.18. The first-order valence-electron chi connectivity index (χ1n) is 6.54. The van der Waals surface area contributed by atoms with E-state index >= 15 is 0 Å². The third kappa shape index (κ3) is 3.15. The van der Waals surface area contributed by atoms with E-state index in [1.54, 1.807) is 39.3 Å². The van der Waals surface area contributed by atoms with Crippen molar-refractivity contribution in [1.29, 1.82) is 0 Å². The smallest absolute Gasteiger partial charge is 0.127 e. The molecule has 0 bridgehead atoms. The van der Waals surface area contributed by atoms with Crippen molar-refractivity contribution in [2.24, 2.45) is 5.84 Å². The minimum absolute atomic E-state index is 0.240. The van der Waals surface area contributed by atoms with Gasteiger partial charge in [-0.25, -0.2) is 9.82 Å². The number of hydrogen-bond acceptors (Lipinski definition) is 4. The van der Waals surface area contributed by atoms with Gasteiger partial charge in [0, 0.05) is 11.6 Å². The number of rotatable bonds is 5. The summed E-state index contributed by atoms with van der Waals surface area (Å²) in [5.41, 5.74) is 5.03. The highest BCUT2D eigenvalue weighted by Crippen LogP contribution is 2.33. The zero-order valence-electron chi connectivity index (χ0n) is 12.3. The number of hydrogen-bond donors (Lipinski definition) is 2. The van der Waals surface area contributed by atoms with Crippen molar-refractivity contribution in [3.05, 3.63) is 58.9 Å². The standard InChI is InChI=1S/C16H19FN2O2/c1-10-8-11(4-7-14(10)17)16(19-18)13-6-5-12(20-2)9-15(13)21-3/h4-9,16,19H,18H2,1-3H3. The molecule has 21 heavy (non-hydrogen) atoms. The summed E-state index contributed by atoms with van der Waals surface area (Å²) in [6.45, 7) is 1.72. The molecular formula is C16H19FN2O2. The van der Waals surface area contributed by atoms with Gasteiger partial charge < -0.3 is 9.47 Å². The van der Waals surface area contributed by atoms with Gasteiger partial charge in [-0.05, 0) is 36.2 Å². The van der Waals surface area contributed by atoms with Crippen molar-refractivity contribution in [2.75, 3.05) is 14.2 Å². The molecular weight excluding hydrogens is 271 g/mol. The van der Waals surface area contributed by atoms with Gasteiger partial charge in [-0.3, -0.25) is 5.84 Å². The molecule has 3 N–H and O–H groups in total. The average molecular weight is 290 g/mol. The van der Waals surface area contributed by atoms with E-state index in [1.165, 1.54) is 6.07 Å². The molecule has 0 saturated carbocycles. The van der Waals surface area contributed by atoms with Crippen molar-refractivity contribution < 1.29 is 13.9 Å². The third-order valence-corrected chi connectivity index (χ3v) is 3.43. The molecule has 0 aliphatic rings. The molecule has 0 fully saturated rings. The van der Waals surface area contributed by atoms with Crippen LogP contribution in [0.25, 0.3) is 0 Å². The molecule has 2 aromatic rings. The molecule has 1 unspecified atom stereocenters. The van der Waals surface area contributed by atoms with E-state index in [-0.39, 0.29) is 11.9 Å². The lowest BCUT2D eigenvalue weighted by Crippen LogP contribution is -2.29. The lowest BCUT2D eigenvalue weighted by molar-refractivity contribution is 0.387. The van der Waals surface area contributed by atoms with Crippen LogP contribution in [0.3, 0.4) is 0 Å². The van der Waals surface area contributed by atoms with E-state index in [0.717, 1.165) is 11.1 Å². The zero-order valence-corrected chi connectivity index (χ0v) is 12.3. The minimum atomic E-state index is -0.301. The Balaban J connectivity index is 2.47. The summed E-state index contributed by atoms with van der Waals surface area (Å²) in [6.07, 6.45) is 0. The summed E-state index contributed by atoms with van der Waals surface area (Å²) < 4.78 is 24.0. The van der Waals surface area contributed by atoms with Crippen LogP contribution in [-0.2, 0) is 0 Å². The molecule has 0 amide bonds. The molecule has 2 rings (SSSR count). The Labute approximate surface area is 123 Å². The molecule has 5 heteroatoms. The largest absolute Gasteiger partial charge is 0.497 e. The van der Waals surface area contributed by atoms with Crippen LogP contribution in [0.5, 0.6) is 11.5 Å². The van der Waals surface area contributed by atoms with Gasteiger partial charge in [-0.1, -0.05) is 12.1 Å². The van der Waals surface area contributed by atoms with E-state index in [9.17, 15) is 4.39 Å². The summed E-state index contributed by atoms with van der Waals surface area (Å²) in [5.74, 6) is 6.80. The topological polar surface area (TPSA) is 56.5 Å². The fourth-order valence-corrected chi connectivity index (χ4v) is 2.27. The second-order valence-corrected chi connectivity index (χ2v) is 4.72. The number of methoxy groups -OCH3 is 2. The van der Waals surface area contributed by atoms with Gasteiger partial charge in [0.05, 0.1) is 20.3 Å². The second-order valence-electron chi connectivity index (χ2n) is 4.72. The summed E-state index contributed by atoms with van der Waals surface area (Å²) in [5, 5.41) is 0. The van der Waals surface area contributed by atoms with Gasteiger partial charge in [-0.2, -0.15) is 0 Å². The van der Waals surface area contributed by atoms with Crippen LogP contribution in [0.4, 0.5) is 4.39 Å². The number of aryl methyl sites for hydroxylation is 1. The van der Waals surface area contributed by atoms with Gasteiger partial charge in [0.15, 0.2) is 0 Å². The van der Waals surface area contributed by atoms with E-state index in [1.807, 2.05) is 12.1 Å². The lowest BCUT2D eigenvalue weighted by Gasteiger charge is -2.20. The Kier molecular flexibility index (Phi) is 4.77. The molecule has 2 aromatic carbocycles. The first-order chi connectivity index (χ1) is 10.1. The maximum atomic E-state index is 13.4. The van der Waals surface area contributed by atoms with Crippen molar-refractivity contribution >= 4 is 0 Å². The molecule has 0 aromatic heterocycles. The molecule has 0 aliphatic carbocycles. The van der Waals surface area contributed by atoms with Crippen molar-refractivity contribution in [3.63, 3.8) is 0 Å². The Morgan fingerprint density at radius 2 is 1.86 bits per heavy atom. The summed E-state index contributed by atoms with van der Waals surface area (Å²) in [6, 6.07) is 10.1. The van der Waals surface area contributed by atoms with E-state index < -0.39 is 0 Å². The Morgan fingerprint density at radius 3 is 2.43 bits per heavy atom. The Hall–Kier alpha value is -2.11. The molecule has 0 spiro atoms. The van der Waals surface area contributed by atoms with E-state index in [4.69, 9.17) is 15.3 Å². The molecule has 0 radical (unpaired) electrons. The number of nitrogens with one attached hydrogen (secondary N) is 1. The monoisotopic (exact) mass is 290 g/mol. The first-order valence-corrected chi connectivity index (χ1v) is 6.54. The van der Waals surface area contributed by atoms with Gasteiger partial charge >= 0.3 is 0 Å². The predicted octanol–water partition coefficient (Wildman–Crippen LogP) is 2.70. The molecule has 0 aliphatic heterocycles. The summed E-state index contributed by atoms with van der Waals surface area (Å²) >= 11 is 0. The van der Waals surface area contributed by atoms with E-state index in [0.29, 0.717) is 17.1 Å². The lowest BCUT2D eigenvalue weighted by atomic mass is 9.96. The second kappa shape index (κ2) is 6.56. The van der Waals surface area contributed by atoms with Gasteiger partial charge in [0.2, 0.25) is 0 Å². The number of benzene rings is 2. The molecule has 0 saturated heterocycles. The van der Waals surface area contributed by atoms with Crippen molar-refractivity contribution in [2.45, 2.75) is 13.0 Å². The minimum Gasteiger partial charge on any atom is -0.497 e. The fourth-order valence-electron chi connectivity index (χ4n) is 2.27. The Bertz CT molecular complexity index is 632. The maximum absolute atomic E-state index is 13.4. The normalized spacial score (nSPS) is 12.0. The van der Waals surface area contributed by atoms with Crippen LogP contribution in [-0.4, -0.2) is 14.2 Å². The van der Waals surface area contributed by atoms with Crippen molar-refractivity contribution in [3.8, 4) is 11.5 Å². The number of nitrogens with two attached hydrogens (primary N) is 1. The van der Waals surface area contributed by atoms with Crippen LogP contribution in [0, 0.1) is 12.7 Å². The van der Waals surface area contributed by atoms with Crippen LogP contribution in [0.2, 0.25) is 0 Å². The van der Waals surface area contributed by atoms with Crippen LogP contribution in [0.15, 0.2) is 36.4 Å². The predicted molar refractivity (Wildman–Crippen MR) is 79.8 cm³/mol. The highest BCUT2D eigenvalue weighted by atomic mass is 19.1. The van der Waals surface area contributed by atoms with Gasteiger partial charge in [-0.15, -0.1) is 0 Å². The van der Waals surface area contributed by atoms with Gasteiger partial charge in [0.25, 0.3) is 0 Å². The number of hydrazine groups is 1. The van der Waals surface area contributed by atoms with Crippen LogP contribution < -0.4 is 20.7 Å². The molecule has 112 valence electrons. The number of ether oxygens (including phenoxy) is 2. The zero-order chi connectivity index (χ0) is 15.4. The number of halogens is 1. The van der Waals surface area contributed by atoms with Crippen molar-refractivity contribution in [1.82, 2.24) is 5.43 Å². The average Bonchev–Trinajstić information content (AvgIpc) is 2.51.